The van der Waals surface area contributed by atoms with E-state index in [1.807, 2.05) is 0 Å². The maximum absolute atomic E-state index is 6.60. The number of hydrogen-bond acceptors (Lipinski definition) is 2. The van der Waals surface area contributed by atoms with E-state index in [0.717, 1.165) is 51.6 Å². The number of para-hydroxylation sites is 5. The van der Waals surface area contributed by atoms with E-state index in [0.29, 0.717) is 0 Å². The highest BCUT2D eigenvalue weighted by Gasteiger charge is 2.33. The molecule has 0 fully saturated rings. The Balaban J connectivity index is 1.01. The zero-order valence-corrected chi connectivity index (χ0v) is 36.8. The van der Waals surface area contributed by atoms with Gasteiger partial charge in [-0.05, 0) is 98.8 Å². The van der Waals surface area contributed by atoms with Crippen LogP contribution >= 0.6 is 0 Å². The third-order valence-electron chi connectivity index (χ3n) is 13.7. The maximum atomic E-state index is 6.60. The van der Waals surface area contributed by atoms with Gasteiger partial charge in [-0.2, -0.15) is 0 Å². The molecule has 2 aliphatic rings. The molecule has 1 unspecified atom stereocenters. The van der Waals surface area contributed by atoms with Crippen LogP contribution in [0.25, 0.3) is 82.8 Å². The Morgan fingerprint density at radius 1 is 0.433 bits per heavy atom. The van der Waals surface area contributed by atoms with Crippen LogP contribution in [-0.4, -0.2) is 10.7 Å². The lowest BCUT2D eigenvalue weighted by atomic mass is 9.86. The van der Waals surface area contributed by atoms with Gasteiger partial charge in [-0.25, -0.2) is 0 Å². The molecule has 316 valence electrons. The molecule has 3 nitrogen and oxygen atoms in total. The Labute approximate surface area is 390 Å². The summed E-state index contributed by atoms with van der Waals surface area (Å²) in [5, 5.41) is 4.94. The molecule has 1 aromatic heterocycles. The number of fused-ring (bicyclic) bond motifs is 7. The van der Waals surface area contributed by atoms with Gasteiger partial charge in [0.2, 0.25) is 0 Å². The minimum atomic E-state index is -0.0319. The van der Waals surface area contributed by atoms with Gasteiger partial charge in [0, 0.05) is 50.8 Å². The van der Waals surface area contributed by atoms with Crippen molar-refractivity contribution < 1.29 is 4.74 Å². The average molecular weight is 857 g/mol. The van der Waals surface area contributed by atoms with Gasteiger partial charge in [0.25, 0.3) is 0 Å². The zero-order chi connectivity index (χ0) is 44.3. The van der Waals surface area contributed by atoms with Gasteiger partial charge in [0.05, 0.1) is 22.4 Å². The summed E-state index contributed by atoms with van der Waals surface area (Å²) in [5.74, 6) is 0.950. The summed E-state index contributed by atoms with van der Waals surface area (Å²) in [6, 6.07) is 86.0. The van der Waals surface area contributed by atoms with Crippen LogP contribution in [0.3, 0.4) is 0 Å². The van der Waals surface area contributed by atoms with Gasteiger partial charge in [-0.1, -0.05) is 194 Å². The van der Waals surface area contributed by atoms with Crippen LogP contribution in [0.15, 0.2) is 249 Å². The number of hydrogen-bond donors (Lipinski definition) is 0. The van der Waals surface area contributed by atoms with Crippen molar-refractivity contribution in [2.45, 2.75) is 12.5 Å². The number of nitrogens with zero attached hydrogens (tertiary/aromatic N) is 2. The molecular formula is C64H44N2O. The van der Waals surface area contributed by atoms with E-state index in [4.69, 9.17) is 4.74 Å². The Kier molecular flexibility index (Phi) is 9.31. The van der Waals surface area contributed by atoms with Crippen LogP contribution in [0.1, 0.15) is 17.5 Å². The SMILES string of the molecule is C1=CC(c2ccccc2N(c2ccc(-c3ccc4c5ccccc5n(-c5ccccc5)c4c3)cc2)c2ccccc2-c2cccc3cccc(-c4ccccc4)c23)=C2c3ccccc3OC2C1. The van der Waals surface area contributed by atoms with E-state index >= 15 is 0 Å². The molecule has 0 radical (unpaired) electrons. The second-order valence-electron chi connectivity index (χ2n) is 17.5. The molecule has 1 atom stereocenters. The fourth-order valence-electron chi connectivity index (χ4n) is 10.7. The van der Waals surface area contributed by atoms with Crippen molar-refractivity contribution in [2.75, 3.05) is 4.90 Å². The molecule has 11 aromatic rings. The minimum absolute atomic E-state index is 0.0319. The van der Waals surface area contributed by atoms with Gasteiger partial charge in [0.1, 0.15) is 11.9 Å². The summed E-state index contributed by atoms with van der Waals surface area (Å²) in [5.41, 5.74) is 18.6. The smallest absolute Gasteiger partial charge is 0.128 e. The Bertz CT molecular complexity index is 3740. The molecular weight excluding hydrogens is 813 g/mol. The molecule has 0 saturated carbocycles. The van der Waals surface area contributed by atoms with E-state index in [9.17, 15) is 0 Å². The van der Waals surface area contributed by atoms with Crippen molar-refractivity contribution in [3.63, 3.8) is 0 Å². The van der Waals surface area contributed by atoms with Crippen LogP contribution in [-0.2, 0) is 0 Å². The first-order valence-corrected chi connectivity index (χ1v) is 23.2. The molecule has 0 saturated heterocycles. The van der Waals surface area contributed by atoms with Gasteiger partial charge in [-0.15, -0.1) is 0 Å². The van der Waals surface area contributed by atoms with E-state index in [2.05, 4.69) is 258 Å². The van der Waals surface area contributed by atoms with Gasteiger partial charge in [0.15, 0.2) is 0 Å². The molecule has 13 rings (SSSR count). The predicted molar refractivity (Wildman–Crippen MR) is 281 cm³/mol. The summed E-state index contributed by atoms with van der Waals surface area (Å²) in [6.07, 6.45) is 5.39. The number of ether oxygens (including phenoxy) is 1. The van der Waals surface area contributed by atoms with Crippen LogP contribution in [0.2, 0.25) is 0 Å². The molecule has 3 heteroatoms. The third kappa shape index (κ3) is 6.50. The first-order chi connectivity index (χ1) is 33.3. The van der Waals surface area contributed by atoms with E-state index in [-0.39, 0.29) is 6.10 Å². The summed E-state index contributed by atoms with van der Waals surface area (Å²) in [6.45, 7) is 0. The molecule has 0 amide bonds. The van der Waals surface area contributed by atoms with Gasteiger partial charge in [-0.3, -0.25) is 0 Å². The van der Waals surface area contributed by atoms with E-state index in [1.165, 1.54) is 71.5 Å². The number of aromatic nitrogens is 1. The second kappa shape index (κ2) is 16.1. The molecule has 0 bridgehead atoms. The van der Waals surface area contributed by atoms with Crippen molar-refractivity contribution in [3.8, 4) is 44.8 Å². The average Bonchev–Trinajstić information content (AvgIpc) is 3.95. The van der Waals surface area contributed by atoms with Crippen molar-refractivity contribution in [1.82, 2.24) is 4.57 Å². The lowest BCUT2D eigenvalue weighted by molar-refractivity contribution is 0.279. The van der Waals surface area contributed by atoms with Gasteiger partial charge >= 0.3 is 0 Å². The summed E-state index contributed by atoms with van der Waals surface area (Å²) in [7, 11) is 0. The van der Waals surface area contributed by atoms with Crippen LogP contribution in [0.5, 0.6) is 5.75 Å². The Morgan fingerprint density at radius 3 is 1.85 bits per heavy atom. The second-order valence-corrected chi connectivity index (χ2v) is 17.5. The lowest BCUT2D eigenvalue weighted by Gasteiger charge is -2.31. The normalized spacial score (nSPS) is 14.1. The molecule has 1 aliphatic heterocycles. The maximum Gasteiger partial charge on any atom is 0.128 e. The molecule has 2 heterocycles. The molecule has 67 heavy (non-hydrogen) atoms. The summed E-state index contributed by atoms with van der Waals surface area (Å²) >= 11 is 0. The van der Waals surface area contributed by atoms with Crippen LogP contribution in [0.4, 0.5) is 17.1 Å². The predicted octanol–water partition coefficient (Wildman–Crippen LogP) is 17.0. The number of anilines is 3. The first kappa shape index (κ1) is 38.8. The molecule has 0 N–H and O–H groups in total. The largest absolute Gasteiger partial charge is 0.485 e. The molecule has 1 aliphatic carbocycles. The Hall–Kier alpha value is -8.66. The van der Waals surface area contributed by atoms with Crippen LogP contribution in [0, 0.1) is 0 Å². The molecule has 10 aromatic carbocycles. The van der Waals surface area contributed by atoms with E-state index < -0.39 is 0 Å². The molecule has 0 spiro atoms. The standard InChI is InChI=1S/C64H44N2O/c1-3-18-44(19-4-1)49-28-15-20-45-21-16-29-54(63(45)49)51-25-8-12-32-58(51)65(59-33-13-9-26-52(59)55-30-17-35-62-64(55)56-27-10-14-34-61(56)67-62)48-39-36-43(37-40-48)46-38-41-53-50-24-7-11-31-57(50)66(60(53)42-46)47-22-5-2-6-23-47/h1-34,36-42,62H,35H2. The van der Waals surface area contributed by atoms with Gasteiger partial charge < -0.3 is 14.2 Å². The fraction of sp³-hybridized carbons (Fsp3) is 0.0312. The summed E-state index contributed by atoms with van der Waals surface area (Å²) < 4.78 is 9.00. The first-order valence-electron chi connectivity index (χ1n) is 23.2. The summed E-state index contributed by atoms with van der Waals surface area (Å²) in [4.78, 5) is 2.47. The minimum Gasteiger partial charge on any atom is -0.485 e. The quantitative estimate of drug-likeness (QED) is 0.151. The monoisotopic (exact) mass is 856 g/mol. The number of benzene rings is 10. The number of rotatable bonds is 8. The Morgan fingerprint density at radius 2 is 1.04 bits per heavy atom. The number of allylic oxidation sites excluding steroid dienone is 2. The zero-order valence-electron chi connectivity index (χ0n) is 36.8. The van der Waals surface area contributed by atoms with Crippen molar-refractivity contribution >= 4 is 60.8 Å². The highest BCUT2D eigenvalue weighted by Crippen LogP contribution is 2.51. The van der Waals surface area contributed by atoms with Crippen molar-refractivity contribution in [1.29, 1.82) is 0 Å². The highest BCUT2D eigenvalue weighted by molar-refractivity contribution is 6.12. The highest BCUT2D eigenvalue weighted by atomic mass is 16.5. The third-order valence-corrected chi connectivity index (χ3v) is 13.7. The topological polar surface area (TPSA) is 17.4 Å². The van der Waals surface area contributed by atoms with Crippen molar-refractivity contribution in [3.05, 3.63) is 260 Å². The van der Waals surface area contributed by atoms with Crippen molar-refractivity contribution in [2.24, 2.45) is 0 Å². The van der Waals surface area contributed by atoms with E-state index in [1.54, 1.807) is 0 Å². The fourth-order valence-corrected chi connectivity index (χ4v) is 10.7. The lowest BCUT2D eigenvalue weighted by Crippen LogP contribution is -2.16. The van der Waals surface area contributed by atoms with Crippen LogP contribution < -0.4 is 9.64 Å².